The number of hydrogen-bond acceptors (Lipinski definition) is 4. The molecule has 130 valence electrons. The minimum Gasteiger partial charge on any atom is -0.371 e. The van der Waals surface area contributed by atoms with Crippen LogP contribution in [-0.4, -0.2) is 40.0 Å². The Morgan fingerprint density at radius 2 is 2.08 bits per heavy atom. The third-order valence-corrected chi connectivity index (χ3v) is 4.91. The van der Waals surface area contributed by atoms with Crippen molar-refractivity contribution in [3.63, 3.8) is 0 Å². The number of nitrogens with zero attached hydrogens (tertiary/aromatic N) is 3. The summed E-state index contributed by atoms with van der Waals surface area (Å²) in [7, 11) is 0. The van der Waals surface area contributed by atoms with Gasteiger partial charge in [0.25, 0.3) is 0 Å². The second-order valence-corrected chi connectivity index (χ2v) is 7.02. The number of hydrogen-bond donors (Lipinski definition) is 2. The summed E-state index contributed by atoms with van der Waals surface area (Å²) in [5.74, 6) is 0.301. The number of nitrogens with one attached hydrogen (secondary N) is 2. The zero-order chi connectivity index (χ0) is 17.4. The molecule has 0 saturated carbocycles. The van der Waals surface area contributed by atoms with Crippen molar-refractivity contribution in [2.75, 3.05) is 18.0 Å². The average molecular weight is 337 g/mol. The molecule has 0 radical (unpaired) electrons. The molecule has 0 aromatic carbocycles. The van der Waals surface area contributed by atoms with Gasteiger partial charge < -0.3 is 15.2 Å². The van der Waals surface area contributed by atoms with Crippen molar-refractivity contribution in [3.8, 4) is 0 Å². The SMILES string of the molecule is CC(C)NC(=O)C1CCN(c2cc[nH]c3cnc4nccc4c23)CC1. The third-order valence-electron chi connectivity index (χ3n) is 4.91. The molecule has 2 N–H and O–H groups in total. The fraction of sp³-hybridized carbons (Fsp3) is 0.421. The van der Waals surface area contributed by atoms with Gasteiger partial charge in [-0.15, -0.1) is 0 Å². The van der Waals surface area contributed by atoms with Gasteiger partial charge in [0.05, 0.1) is 11.7 Å². The minimum atomic E-state index is 0.113. The van der Waals surface area contributed by atoms with Gasteiger partial charge in [-0.3, -0.25) is 4.79 Å². The Bertz CT molecular complexity index is 908. The monoisotopic (exact) mass is 337 g/mol. The van der Waals surface area contributed by atoms with E-state index in [1.807, 2.05) is 32.3 Å². The van der Waals surface area contributed by atoms with Crippen LogP contribution < -0.4 is 10.2 Å². The van der Waals surface area contributed by atoms with E-state index >= 15 is 0 Å². The number of rotatable bonds is 3. The van der Waals surface area contributed by atoms with Crippen molar-refractivity contribution in [3.05, 3.63) is 30.7 Å². The Morgan fingerprint density at radius 3 is 2.84 bits per heavy atom. The Kier molecular flexibility index (Phi) is 4.03. The molecule has 3 aromatic rings. The lowest BCUT2D eigenvalue weighted by Crippen LogP contribution is -2.42. The summed E-state index contributed by atoms with van der Waals surface area (Å²) in [5, 5.41) is 5.27. The summed E-state index contributed by atoms with van der Waals surface area (Å²) in [5.41, 5.74) is 2.98. The summed E-state index contributed by atoms with van der Waals surface area (Å²) in [6.45, 7) is 5.78. The molecule has 4 heterocycles. The molecule has 0 atom stereocenters. The molecule has 0 bridgehead atoms. The zero-order valence-corrected chi connectivity index (χ0v) is 14.6. The third kappa shape index (κ3) is 2.92. The predicted octanol–water partition coefficient (Wildman–Crippen LogP) is 2.85. The van der Waals surface area contributed by atoms with E-state index in [0.717, 1.165) is 47.9 Å². The second kappa shape index (κ2) is 6.35. The summed E-state index contributed by atoms with van der Waals surface area (Å²) < 4.78 is 0. The van der Waals surface area contributed by atoms with Crippen molar-refractivity contribution in [1.29, 1.82) is 0 Å². The van der Waals surface area contributed by atoms with Gasteiger partial charge in [0.15, 0.2) is 5.65 Å². The van der Waals surface area contributed by atoms with Crippen LogP contribution in [0.4, 0.5) is 5.69 Å². The van der Waals surface area contributed by atoms with Gasteiger partial charge in [0.2, 0.25) is 5.91 Å². The summed E-state index contributed by atoms with van der Waals surface area (Å²) in [6.07, 6.45) is 7.37. The number of carbonyl (C=O) groups excluding carboxylic acids is 1. The van der Waals surface area contributed by atoms with Crippen LogP contribution in [0.2, 0.25) is 0 Å². The highest BCUT2D eigenvalue weighted by Gasteiger charge is 2.26. The molecule has 1 aliphatic heterocycles. The molecule has 1 aliphatic rings. The predicted molar refractivity (Wildman–Crippen MR) is 99.6 cm³/mol. The van der Waals surface area contributed by atoms with Crippen molar-refractivity contribution in [2.45, 2.75) is 32.7 Å². The first kappa shape index (κ1) is 15.9. The van der Waals surface area contributed by atoms with Gasteiger partial charge in [0.1, 0.15) is 0 Å². The maximum Gasteiger partial charge on any atom is 0.223 e. The van der Waals surface area contributed by atoms with Crippen molar-refractivity contribution >= 4 is 33.5 Å². The average Bonchev–Trinajstić information content (AvgIpc) is 3.09. The maximum atomic E-state index is 12.3. The van der Waals surface area contributed by atoms with Gasteiger partial charge in [-0.2, -0.15) is 0 Å². The highest BCUT2D eigenvalue weighted by atomic mass is 16.1. The van der Waals surface area contributed by atoms with Crippen molar-refractivity contribution in [1.82, 2.24) is 20.3 Å². The van der Waals surface area contributed by atoms with Crippen LogP contribution in [-0.2, 0) is 4.79 Å². The van der Waals surface area contributed by atoms with E-state index in [4.69, 9.17) is 0 Å². The zero-order valence-electron chi connectivity index (χ0n) is 14.6. The number of pyridine rings is 2. The normalized spacial score (nSPS) is 16.0. The van der Waals surface area contributed by atoms with Crippen molar-refractivity contribution in [2.24, 2.45) is 5.92 Å². The van der Waals surface area contributed by atoms with Gasteiger partial charge >= 0.3 is 0 Å². The number of anilines is 1. The maximum absolute atomic E-state index is 12.3. The highest BCUT2D eigenvalue weighted by Crippen LogP contribution is 2.33. The number of fused-ring (bicyclic) bond motifs is 3. The van der Waals surface area contributed by atoms with E-state index in [-0.39, 0.29) is 17.9 Å². The van der Waals surface area contributed by atoms with Crippen LogP contribution >= 0.6 is 0 Å². The molecule has 0 spiro atoms. The summed E-state index contributed by atoms with van der Waals surface area (Å²) in [4.78, 5) is 26.6. The standard InChI is InChI=1S/C19H23N5O/c1-12(2)23-19(25)13-5-9-24(10-6-13)16-4-8-20-15-11-22-18-14(17(15)16)3-7-21-18/h3-4,7-8,11-13,20H,5-6,9-10H2,1-2H3,(H,23,25). The number of aromatic amines is 1. The topological polar surface area (TPSA) is 73.9 Å². The number of aromatic nitrogens is 3. The molecule has 0 aliphatic carbocycles. The van der Waals surface area contributed by atoms with E-state index in [1.54, 1.807) is 6.20 Å². The van der Waals surface area contributed by atoms with E-state index in [1.165, 1.54) is 5.69 Å². The highest BCUT2D eigenvalue weighted by molar-refractivity contribution is 6.10. The number of amides is 1. The quantitative estimate of drug-likeness (QED) is 0.771. The van der Waals surface area contributed by atoms with Crippen LogP contribution in [0.1, 0.15) is 26.7 Å². The number of H-pyrrole nitrogens is 1. The van der Waals surface area contributed by atoms with Crippen molar-refractivity contribution < 1.29 is 4.79 Å². The Morgan fingerprint density at radius 1 is 1.28 bits per heavy atom. The van der Waals surface area contributed by atoms with Crippen LogP contribution in [0.15, 0.2) is 30.7 Å². The van der Waals surface area contributed by atoms with E-state index in [2.05, 4.69) is 31.2 Å². The molecular weight excluding hydrogens is 314 g/mol. The van der Waals surface area contributed by atoms with Crippen LogP contribution in [0, 0.1) is 5.92 Å². The molecule has 6 nitrogen and oxygen atoms in total. The van der Waals surface area contributed by atoms with Crippen LogP contribution in [0.5, 0.6) is 0 Å². The molecule has 0 unspecified atom stereocenters. The van der Waals surface area contributed by atoms with Crippen LogP contribution in [0.25, 0.3) is 21.9 Å². The number of piperidine rings is 1. The molecule has 4 rings (SSSR count). The van der Waals surface area contributed by atoms with E-state index < -0.39 is 0 Å². The molecular formula is C19H23N5O. The molecule has 3 aromatic heterocycles. The van der Waals surface area contributed by atoms with Gasteiger partial charge in [0, 0.05) is 53.9 Å². The minimum absolute atomic E-state index is 0.113. The van der Waals surface area contributed by atoms with Gasteiger partial charge in [-0.1, -0.05) is 0 Å². The van der Waals surface area contributed by atoms with Gasteiger partial charge in [-0.05, 0) is 38.8 Å². The summed E-state index contributed by atoms with van der Waals surface area (Å²) >= 11 is 0. The first-order valence-corrected chi connectivity index (χ1v) is 8.89. The van der Waals surface area contributed by atoms with Gasteiger partial charge in [-0.25, -0.2) is 9.97 Å². The Labute approximate surface area is 146 Å². The lowest BCUT2D eigenvalue weighted by Gasteiger charge is -2.34. The Hall–Kier alpha value is -2.63. The molecule has 1 fully saturated rings. The molecule has 1 amide bonds. The van der Waals surface area contributed by atoms with E-state index in [0.29, 0.717) is 0 Å². The summed E-state index contributed by atoms with van der Waals surface area (Å²) in [6, 6.07) is 4.33. The lowest BCUT2D eigenvalue weighted by atomic mass is 9.95. The fourth-order valence-electron chi connectivity index (χ4n) is 3.69. The fourth-order valence-corrected chi connectivity index (χ4v) is 3.69. The second-order valence-electron chi connectivity index (χ2n) is 7.02. The Balaban J connectivity index is 1.61. The molecule has 25 heavy (non-hydrogen) atoms. The van der Waals surface area contributed by atoms with Crippen LogP contribution in [0.3, 0.4) is 0 Å². The largest absolute Gasteiger partial charge is 0.371 e. The first-order chi connectivity index (χ1) is 12.1. The number of carbonyl (C=O) groups is 1. The lowest BCUT2D eigenvalue weighted by molar-refractivity contribution is -0.126. The first-order valence-electron chi connectivity index (χ1n) is 8.89. The van der Waals surface area contributed by atoms with E-state index in [9.17, 15) is 4.79 Å². The molecule has 6 heteroatoms. The molecule has 1 saturated heterocycles. The smallest absolute Gasteiger partial charge is 0.223 e.